The Balaban J connectivity index is 1.38. The normalized spacial score (nSPS) is 14.6. The van der Waals surface area contributed by atoms with E-state index in [2.05, 4.69) is 82.7 Å². The summed E-state index contributed by atoms with van der Waals surface area (Å²) in [7, 11) is 0. The Hall–Kier alpha value is -3.87. The second-order valence-corrected chi connectivity index (χ2v) is 10.4. The average molecular weight is 507 g/mol. The van der Waals surface area contributed by atoms with Gasteiger partial charge in [-0.15, -0.1) is 0 Å². The Morgan fingerprint density at radius 3 is 2.44 bits per heavy atom. The molecule has 0 unspecified atom stereocenters. The molecule has 0 radical (unpaired) electrons. The first-order chi connectivity index (χ1) is 17.6. The van der Waals surface area contributed by atoms with Crippen molar-refractivity contribution in [3.63, 3.8) is 0 Å². The van der Waals surface area contributed by atoms with Crippen molar-refractivity contribution in [3.8, 4) is 5.75 Å². The van der Waals surface area contributed by atoms with Crippen LogP contribution in [-0.2, 0) is 17.9 Å². The van der Waals surface area contributed by atoms with Crippen LogP contribution in [0.25, 0.3) is 27.8 Å². The van der Waals surface area contributed by atoms with E-state index in [1.807, 2.05) is 30.3 Å². The minimum absolute atomic E-state index is 0.153. The molecular weight excluding hydrogens is 484 g/mol. The van der Waals surface area contributed by atoms with Crippen LogP contribution in [0.15, 0.2) is 102 Å². The molecular formula is C30H22N2O2S2. The predicted molar refractivity (Wildman–Crippen MR) is 152 cm³/mol. The van der Waals surface area contributed by atoms with Gasteiger partial charge in [-0.25, -0.2) is 0 Å². The molecule has 0 atom stereocenters. The van der Waals surface area contributed by atoms with Gasteiger partial charge in [0.05, 0.1) is 4.91 Å². The van der Waals surface area contributed by atoms with Crippen LogP contribution in [0.4, 0.5) is 0 Å². The summed E-state index contributed by atoms with van der Waals surface area (Å²) in [6.45, 7) is 1.18. The van der Waals surface area contributed by atoms with Crippen LogP contribution in [0.5, 0.6) is 5.75 Å². The Morgan fingerprint density at radius 1 is 0.833 bits per heavy atom. The van der Waals surface area contributed by atoms with E-state index in [0.29, 0.717) is 22.4 Å². The van der Waals surface area contributed by atoms with Gasteiger partial charge < -0.3 is 14.6 Å². The molecule has 4 aromatic carbocycles. The lowest BCUT2D eigenvalue weighted by Crippen LogP contribution is -2.17. The molecule has 1 aliphatic rings. The molecule has 4 nitrogen and oxygen atoms in total. The van der Waals surface area contributed by atoms with E-state index < -0.39 is 0 Å². The minimum Gasteiger partial charge on any atom is -0.489 e. The quantitative estimate of drug-likeness (QED) is 0.201. The van der Waals surface area contributed by atoms with Crippen LogP contribution in [0.3, 0.4) is 0 Å². The average Bonchev–Trinajstić information content (AvgIpc) is 3.40. The highest BCUT2D eigenvalue weighted by Gasteiger charge is 2.23. The molecule has 0 saturated carbocycles. The number of ether oxygens (including phenoxy) is 1. The molecule has 5 aromatic rings. The fourth-order valence-corrected chi connectivity index (χ4v) is 5.50. The predicted octanol–water partition coefficient (Wildman–Crippen LogP) is 6.91. The number of nitrogens with zero attached hydrogens (tertiary/aromatic N) is 1. The first-order valence-corrected chi connectivity index (χ1v) is 12.9. The molecule has 0 bridgehead atoms. The third-order valence-corrected chi connectivity index (χ3v) is 7.39. The number of rotatable bonds is 6. The Morgan fingerprint density at radius 2 is 1.64 bits per heavy atom. The van der Waals surface area contributed by atoms with Gasteiger partial charge in [0.2, 0.25) is 0 Å². The van der Waals surface area contributed by atoms with Gasteiger partial charge in [-0.05, 0) is 58.3 Å². The third kappa shape index (κ3) is 4.65. The zero-order valence-electron chi connectivity index (χ0n) is 19.3. The van der Waals surface area contributed by atoms with Crippen LogP contribution in [0, 0.1) is 0 Å². The van der Waals surface area contributed by atoms with Crippen molar-refractivity contribution in [2.75, 3.05) is 0 Å². The number of hydrogen-bond donors (Lipinski definition) is 1. The first-order valence-electron chi connectivity index (χ1n) is 11.6. The summed E-state index contributed by atoms with van der Waals surface area (Å²) >= 11 is 6.49. The van der Waals surface area contributed by atoms with Crippen LogP contribution in [-0.4, -0.2) is 14.8 Å². The monoisotopic (exact) mass is 506 g/mol. The highest BCUT2D eigenvalue weighted by molar-refractivity contribution is 8.26. The lowest BCUT2D eigenvalue weighted by Gasteiger charge is -2.11. The summed E-state index contributed by atoms with van der Waals surface area (Å²) in [5.74, 6) is 0.655. The number of hydrogen-bond acceptors (Lipinski definition) is 4. The first kappa shape index (κ1) is 22.6. The second kappa shape index (κ2) is 9.64. The van der Waals surface area contributed by atoms with Crippen molar-refractivity contribution in [1.29, 1.82) is 0 Å². The number of thiocarbonyl (C=S) groups is 1. The molecule has 176 valence electrons. The number of fused-ring (bicyclic) bond motifs is 2. The molecule has 6 heteroatoms. The molecule has 1 N–H and O–H groups in total. The molecule has 0 spiro atoms. The number of benzene rings is 4. The Bertz CT molecular complexity index is 1650. The lowest BCUT2D eigenvalue weighted by molar-refractivity contribution is -0.115. The molecule has 1 aliphatic heterocycles. The van der Waals surface area contributed by atoms with Crippen LogP contribution in [0.1, 0.15) is 16.8 Å². The van der Waals surface area contributed by atoms with E-state index in [-0.39, 0.29) is 5.91 Å². The largest absolute Gasteiger partial charge is 0.489 e. The van der Waals surface area contributed by atoms with Crippen LogP contribution >= 0.6 is 24.0 Å². The van der Waals surface area contributed by atoms with Gasteiger partial charge in [-0.3, -0.25) is 4.79 Å². The van der Waals surface area contributed by atoms with E-state index in [4.69, 9.17) is 17.0 Å². The fraction of sp³-hybridized carbons (Fsp3) is 0.0667. The van der Waals surface area contributed by atoms with Crippen molar-refractivity contribution in [3.05, 3.63) is 119 Å². The van der Waals surface area contributed by atoms with Gasteiger partial charge in [0.15, 0.2) is 0 Å². The van der Waals surface area contributed by atoms with E-state index in [0.717, 1.165) is 27.9 Å². The number of thioether (sulfide) groups is 1. The summed E-state index contributed by atoms with van der Waals surface area (Å²) in [4.78, 5) is 13.0. The van der Waals surface area contributed by atoms with E-state index >= 15 is 0 Å². The maximum atomic E-state index is 12.4. The zero-order chi connectivity index (χ0) is 24.5. The van der Waals surface area contributed by atoms with Gasteiger partial charge in [-0.1, -0.05) is 90.7 Å². The summed E-state index contributed by atoms with van der Waals surface area (Å²) in [6.07, 6.45) is 1.92. The smallest absolute Gasteiger partial charge is 0.263 e. The number of aromatic nitrogens is 1. The van der Waals surface area contributed by atoms with Gasteiger partial charge in [-0.2, -0.15) is 0 Å². The Labute approximate surface area is 218 Å². The van der Waals surface area contributed by atoms with Crippen molar-refractivity contribution in [2.24, 2.45) is 0 Å². The van der Waals surface area contributed by atoms with Gasteiger partial charge in [0, 0.05) is 23.1 Å². The number of carbonyl (C=O) groups is 1. The molecule has 1 amide bonds. The topological polar surface area (TPSA) is 43.3 Å². The maximum absolute atomic E-state index is 12.4. The fourth-order valence-electron chi connectivity index (χ4n) is 4.47. The maximum Gasteiger partial charge on any atom is 0.263 e. The zero-order valence-corrected chi connectivity index (χ0v) is 20.9. The molecule has 6 rings (SSSR count). The van der Waals surface area contributed by atoms with Crippen molar-refractivity contribution >= 4 is 62.0 Å². The van der Waals surface area contributed by atoms with E-state index in [9.17, 15) is 4.79 Å². The minimum atomic E-state index is -0.153. The van der Waals surface area contributed by atoms with Crippen LogP contribution < -0.4 is 10.1 Å². The summed E-state index contributed by atoms with van der Waals surface area (Å²) < 4.78 is 8.80. The number of amides is 1. The number of carbonyl (C=O) groups excluding carboxylic acids is 1. The Kier molecular flexibility index (Phi) is 6.05. The molecule has 1 aromatic heterocycles. The molecule has 2 heterocycles. The SMILES string of the molecule is O=C1NC(=S)SC1=Cc1cc2cc(OCc3ccccc3)ccc2n1Cc1ccc2ccccc2c1. The van der Waals surface area contributed by atoms with Gasteiger partial charge >= 0.3 is 0 Å². The lowest BCUT2D eigenvalue weighted by atomic mass is 10.1. The second-order valence-electron chi connectivity index (χ2n) is 8.68. The highest BCUT2D eigenvalue weighted by Crippen LogP contribution is 2.31. The molecule has 1 saturated heterocycles. The van der Waals surface area contributed by atoms with Gasteiger partial charge in [0.1, 0.15) is 16.7 Å². The van der Waals surface area contributed by atoms with E-state index in [1.165, 1.54) is 28.1 Å². The molecule has 1 fully saturated rings. The van der Waals surface area contributed by atoms with Crippen LogP contribution in [0.2, 0.25) is 0 Å². The molecule has 36 heavy (non-hydrogen) atoms. The van der Waals surface area contributed by atoms with Crippen molar-refractivity contribution in [2.45, 2.75) is 13.2 Å². The summed E-state index contributed by atoms with van der Waals surface area (Å²) in [6, 6.07) is 33.3. The van der Waals surface area contributed by atoms with Gasteiger partial charge in [0.25, 0.3) is 5.91 Å². The summed E-state index contributed by atoms with van der Waals surface area (Å²) in [5.41, 5.74) is 4.33. The third-order valence-electron chi connectivity index (χ3n) is 6.23. The highest BCUT2D eigenvalue weighted by atomic mass is 32.2. The van der Waals surface area contributed by atoms with Crippen molar-refractivity contribution < 1.29 is 9.53 Å². The summed E-state index contributed by atoms with van der Waals surface area (Å²) in [5, 5.41) is 6.19. The standard InChI is InChI=1S/C30H22N2O2S2/c33-29-28(36-30(35)31-29)17-25-15-24-16-26(34-19-20-6-2-1-3-7-20)12-13-27(24)32(25)18-21-10-11-22-8-4-5-9-23(22)14-21/h1-17H,18-19H2,(H,31,33,35). The molecule has 0 aliphatic carbocycles. The number of nitrogens with one attached hydrogen (secondary N) is 1. The van der Waals surface area contributed by atoms with Crippen molar-refractivity contribution in [1.82, 2.24) is 9.88 Å². The van der Waals surface area contributed by atoms with E-state index in [1.54, 1.807) is 0 Å².